The maximum atomic E-state index is 6.63. The van der Waals surface area contributed by atoms with E-state index in [-0.39, 0.29) is 5.00 Å². The van der Waals surface area contributed by atoms with Crippen LogP contribution in [0.25, 0.3) is 0 Å². The molecule has 0 fully saturated rings. The van der Waals surface area contributed by atoms with Crippen LogP contribution in [0.1, 0.15) is 110 Å². The van der Waals surface area contributed by atoms with Gasteiger partial charge in [0.2, 0.25) is 0 Å². The van der Waals surface area contributed by atoms with Gasteiger partial charge in [-0.3, -0.25) is 4.90 Å². The summed E-state index contributed by atoms with van der Waals surface area (Å²) in [6, 6.07) is 0. The molecule has 1 nitrogen and oxygen atoms in total. The zero-order valence-corrected chi connectivity index (χ0v) is 16.7. The molecule has 0 aromatic rings. The highest BCUT2D eigenvalue weighted by Crippen LogP contribution is 2.29. The number of hydrogen-bond acceptors (Lipinski definition) is 1. The van der Waals surface area contributed by atoms with E-state index < -0.39 is 0 Å². The van der Waals surface area contributed by atoms with Crippen molar-refractivity contribution in [3.63, 3.8) is 0 Å². The molecule has 0 radical (unpaired) electrons. The Morgan fingerprint density at radius 3 is 1.32 bits per heavy atom. The summed E-state index contributed by atoms with van der Waals surface area (Å²) in [5, 5.41) is 0. The number of halogens is 1. The Kier molecular flexibility index (Phi) is 15.0. The van der Waals surface area contributed by atoms with Crippen molar-refractivity contribution in [2.24, 2.45) is 0 Å². The van der Waals surface area contributed by atoms with Crippen LogP contribution in [0, 0.1) is 0 Å². The summed E-state index contributed by atoms with van der Waals surface area (Å²) >= 11 is 6.63. The maximum Gasteiger partial charge on any atom is 0.0952 e. The molecule has 0 saturated carbocycles. The zero-order chi connectivity index (χ0) is 16.7. The Morgan fingerprint density at radius 1 is 0.636 bits per heavy atom. The monoisotopic (exact) mass is 331 g/mol. The van der Waals surface area contributed by atoms with E-state index in [2.05, 4.69) is 32.8 Å². The van der Waals surface area contributed by atoms with E-state index in [1.54, 1.807) is 0 Å². The molecule has 0 saturated heterocycles. The minimum atomic E-state index is -0.113. The Balaban J connectivity index is 3.27. The van der Waals surface area contributed by atoms with Crippen molar-refractivity contribution in [1.29, 1.82) is 0 Å². The molecule has 0 aliphatic carbocycles. The topological polar surface area (TPSA) is 3.24 Å². The second-order valence-corrected chi connectivity index (χ2v) is 7.86. The molecule has 0 aliphatic rings. The van der Waals surface area contributed by atoms with Gasteiger partial charge in [0.05, 0.1) is 5.00 Å². The van der Waals surface area contributed by atoms with Gasteiger partial charge in [0, 0.05) is 0 Å². The lowest BCUT2D eigenvalue weighted by molar-refractivity contribution is 0.220. The van der Waals surface area contributed by atoms with Crippen molar-refractivity contribution in [2.45, 2.75) is 115 Å². The average molecular weight is 332 g/mol. The number of hydrogen-bond donors (Lipinski definition) is 0. The van der Waals surface area contributed by atoms with Gasteiger partial charge in [-0.15, -0.1) is 11.6 Å². The highest BCUT2D eigenvalue weighted by molar-refractivity contribution is 6.23. The Labute approximate surface area is 146 Å². The summed E-state index contributed by atoms with van der Waals surface area (Å²) in [7, 11) is 4.19. The van der Waals surface area contributed by atoms with E-state index in [0.29, 0.717) is 0 Å². The fourth-order valence-electron chi connectivity index (χ4n) is 3.13. The minimum Gasteiger partial charge on any atom is -0.291 e. The quantitative estimate of drug-likeness (QED) is 0.162. The van der Waals surface area contributed by atoms with Gasteiger partial charge >= 0.3 is 0 Å². The highest BCUT2D eigenvalue weighted by Gasteiger charge is 2.26. The smallest absolute Gasteiger partial charge is 0.0952 e. The predicted octanol–water partition coefficient (Wildman–Crippen LogP) is 7.37. The van der Waals surface area contributed by atoms with Gasteiger partial charge < -0.3 is 0 Å². The first-order chi connectivity index (χ1) is 10.6. The van der Waals surface area contributed by atoms with Gasteiger partial charge in [-0.1, -0.05) is 97.3 Å². The molecule has 0 heterocycles. The third-order valence-corrected chi connectivity index (χ3v) is 5.80. The third-order valence-electron chi connectivity index (χ3n) is 5.01. The molecule has 134 valence electrons. The number of rotatable bonds is 16. The van der Waals surface area contributed by atoms with Crippen LogP contribution < -0.4 is 0 Å². The van der Waals surface area contributed by atoms with E-state index in [9.17, 15) is 0 Å². The molecule has 0 aromatic heterocycles. The van der Waals surface area contributed by atoms with Crippen LogP contribution in [0.3, 0.4) is 0 Å². The number of alkyl halides is 1. The fraction of sp³-hybridized carbons (Fsp3) is 1.00. The van der Waals surface area contributed by atoms with Crippen molar-refractivity contribution in [3.8, 4) is 0 Å². The first-order valence-electron chi connectivity index (χ1n) is 9.93. The van der Waals surface area contributed by atoms with Gasteiger partial charge in [-0.05, 0) is 26.9 Å². The van der Waals surface area contributed by atoms with E-state index in [4.69, 9.17) is 11.6 Å². The van der Waals surface area contributed by atoms with Crippen LogP contribution in [0.2, 0.25) is 0 Å². The van der Waals surface area contributed by atoms with Crippen molar-refractivity contribution in [1.82, 2.24) is 4.90 Å². The predicted molar refractivity (Wildman–Crippen MR) is 103 cm³/mol. The van der Waals surface area contributed by atoms with Crippen LogP contribution in [0.15, 0.2) is 0 Å². The molecular weight excluding hydrogens is 290 g/mol. The van der Waals surface area contributed by atoms with Crippen LogP contribution in [-0.4, -0.2) is 24.0 Å². The van der Waals surface area contributed by atoms with Crippen LogP contribution in [0.4, 0.5) is 0 Å². The van der Waals surface area contributed by atoms with E-state index in [1.807, 2.05) is 0 Å². The Morgan fingerprint density at radius 2 is 1.00 bits per heavy atom. The Hall–Kier alpha value is 0.250. The molecule has 22 heavy (non-hydrogen) atoms. The highest BCUT2D eigenvalue weighted by atomic mass is 35.5. The minimum absolute atomic E-state index is 0.113. The van der Waals surface area contributed by atoms with Crippen LogP contribution >= 0.6 is 11.6 Å². The zero-order valence-electron chi connectivity index (χ0n) is 15.9. The first-order valence-corrected chi connectivity index (χ1v) is 10.3. The summed E-state index contributed by atoms with van der Waals surface area (Å²) in [4.78, 5) is 2.06. The Bertz CT molecular complexity index is 230. The molecule has 2 heteroatoms. The van der Waals surface area contributed by atoms with Gasteiger partial charge in [0.25, 0.3) is 0 Å². The van der Waals surface area contributed by atoms with Gasteiger partial charge in [-0.2, -0.15) is 0 Å². The third kappa shape index (κ3) is 11.8. The largest absolute Gasteiger partial charge is 0.291 e. The average Bonchev–Trinajstić information content (AvgIpc) is 2.51. The summed E-state index contributed by atoms with van der Waals surface area (Å²) in [6.45, 7) is 4.48. The van der Waals surface area contributed by atoms with E-state index in [1.165, 1.54) is 83.5 Å². The van der Waals surface area contributed by atoms with Crippen molar-refractivity contribution in [3.05, 3.63) is 0 Å². The first kappa shape index (κ1) is 22.2. The molecule has 0 aromatic carbocycles. The maximum absolute atomic E-state index is 6.63. The molecular formula is C20H42ClN. The molecule has 0 spiro atoms. The second-order valence-electron chi connectivity index (χ2n) is 7.16. The normalized spacial score (nSPS) is 14.5. The molecule has 0 N–H and O–H groups in total. The standard InChI is InChI=1S/C20H42ClN/c1-5-7-8-9-10-11-12-13-14-15-16-17-18-19-20(21,6-2)22(3)4/h5-19H2,1-4H3. The van der Waals surface area contributed by atoms with Crippen molar-refractivity contribution in [2.75, 3.05) is 14.1 Å². The summed E-state index contributed by atoms with van der Waals surface area (Å²) in [6.07, 6.45) is 20.5. The SMILES string of the molecule is CCCCCCCCCCCCCCCC(Cl)(CC)N(C)C. The lowest BCUT2D eigenvalue weighted by atomic mass is 10.0. The van der Waals surface area contributed by atoms with Gasteiger partial charge in [0.1, 0.15) is 0 Å². The molecule has 0 aliphatic heterocycles. The van der Waals surface area contributed by atoms with Crippen molar-refractivity contribution >= 4 is 11.6 Å². The molecule has 0 rings (SSSR count). The molecule has 1 unspecified atom stereocenters. The lowest BCUT2D eigenvalue weighted by Crippen LogP contribution is -2.37. The number of unbranched alkanes of at least 4 members (excludes halogenated alkanes) is 12. The van der Waals surface area contributed by atoms with Crippen LogP contribution in [0.5, 0.6) is 0 Å². The second kappa shape index (κ2) is 14.8. The van der Waals surface area contributed by atoms with Crippen LogP contribution in [-0.2, 0) is 0 Å². The summed E-state index contributed by atoms with van der Waals surface area (Å²) < 4.78 is 0. The molecule has 1 atom stereocenters. The van der Waals surface area contributed by atoms with E-state index >= 15 is 0 Å². The van der Waals surface area contributed by atoms with Gasteiger partial charge in [0.15, 0.2) is 0 Å². The fourth-order valence-corrected chi connectivity index (χ4v) is 3.26. The number of nitrogens with zero attached hydrogens (tertiary/aromatic N) is 1. The summed E-state index contributed by atoms with van der Waals surface area (Å²) in [5.74, 6) is 0. The van der Waals surface area contributed by atoms with Gasteiger partial charge in [-0.25, -0.2) is 0 Å². The lowest BCUT2D eigenvalue weighted by Gasteiger charge is -2.33. The molecule has 0 amide bonds. The molecule has 0 bridgehead atoms. The summed E-state index contributed by atoms with van der Waals surface area (Å²) in [5.41, 5.74) is 0. The van der Waals surface area contributed by atoms with Crippen molar-refractivity contribution < 1.29 is 0 Å². The van der Waals surface area contributed by atoms with E-state index in [0.717, 1.165) is 12.8 Å².